The van der Waals surface area contributed by atoms with Crippen molar-refractivity contribution in [2.24, 2.45) is 0 Å². The summed E-state index contributed by atoms with van der Waals surface area (Å²) in [6.45, 7) is 0. The largest absolute Gasteiger partial charge is 0.349 e. The quantitative estimate of drug-likeness (QED) is 0.525. The summed E-state index contributed by atoms with van der Waals surface area (Å²) in [6, 6.07) is 4.00. The lowest BCUT2D eigenvalue weighted by Gasteiger charge is -2.19. The van der Waals surface area contributed by atoms with E-state index in [2.05, 4.69) is 11.4 Å². The van der Waals surface area contributed by atoms with Crippen LogP contribution in [0.4, 0.5) is 5.69 Å². The van der Waals surface area contributed by atoms with Crippen LogP contribution in [0.3, 0.4) is 0 Å². The number of nitro benzene ring substituents is 1. The number of nitrogens with one attached hydrogen (secondary N) is 1. The van der Waals surface area contributed by atoms with Crippen molar-refractivity contribution in [3.63, 3.8) is 0 Å². The van der Waals surface area contributed by atoms with Crippen molar-refractivity contribution in [3.8, 4) is 0 Å². The lowest BCUT2D eigenvalue weighted by Crippen LogP contribution is -2.35. The Labute approximate surface area is 115 Å². The third-order valence-corrected chi connectivity index (χ3v) is 3.24. The van der Waals surface area contributed by atoms with Gasteiger partial charge in [-0.1, -0.05) is 23.8 Å². The molecular weight excluding hydrogens is 268 g/mol. The van der Waals surface area contributed by atoms with Gasteiger partial charge < -0.3 is 5.32 Å². The number of hydrogen-bond acceptors (Lipinski definition) is 3. The fraction of sp³-hybridized carbons (Fsp3) is 0.308. The number of hydrogen-bond donors (Lipinski definition) is 1. The molecule has 1 aliphatic rings. The number of benzene rings is 1. The van der Waals surface area contributed by atoms with Crippen LogP contribution in [0.25, 0.3) is 0 Å². The Hall–Kier alpha value is -1.88. The first kappa shape index (κ1) is 13.5. The number of amides is 1. The zero-order valence-corrected chi connectivity index (χ0v) is 10.9. The van der Waals surface area contributed by atoms with Crippen molar-refractivity contribution >= 4 is 23.2 Å². The molecule has 1 unspecified atom stereocenters. The smallest absolute Gasteiger partial charge is 0.282 e. The number of nitro groups is 1. The van der Waals surface area contributed by atoms with Gasteiger partial charge in [-0.15, -0.1) is 0 Å². The van der Waals surface area contributed by atoms with Crippen molar-refractivity contribution < 1.29 is 9.72 Å². The van der Waals surface area contributed by atoms with Gasteiger partial charge in [0, 0.05) is 17.1 Å². The maximum Gasteiger partial charge on any atom is 0.282 e. The second-order valence-corrected chi connectivity index (χ2v) is 4.81. The normalized spacial score (nSPS) is 18.1. The third-order valence-electron chi connectivity index (χ3n) is 3.00. The Morgan fingerprint density at radius 3 is 2.84 bits per heavy atom. The highest BCUT2D eigenvalue weighted by Crippen LogP contribution is 2.23. The second kappa shape index (κ2) is 5.84. The van der Waals surface area contributed by atoms with E-state index < -0.39 is 10.8 Å². The average molecular weight is 281 g/mol. The molecule has 1 N–H and O–H groups in total. The summed E-state index contributed by atoms with van der Waals surface area (Å²) in [5.74, 6) is -0.450. The number of carbonyl (C=O) groups is 1. The van der Waals surface area contributed by atoms with E-state index in [0.717, 1.165) is 19.3 Å². The summed E-state index contributed by atoms with van der Waals surface area (Å²) in [7, 11) is 0. The van der Waals surface area contributed by atoms with Gasteiger partial charge in [0.15, 0.2) is 0 Å². The molecule has 0 spiro atoms. The van der Waals surface area contributed by atoms with Gasteiger partial charge in [-0.05, 0) is 31.4 Å². The number of nitrogens with zero attached hydrogens (tertiary/aromatic N) is 1. The number of halogens is 1. The molecule has 5 nitrogen and oxygen atoms in total. The summed E-state index contributed by atoms with van der Waals surface area (Å²) in [5, 5.41) is 14.0. The summed E-state index contributed by atoms with van der Waals surface area (Å²) >= 11 is 5.79. The standard InChI is InChI=1S/C13H13ClN2O3/c14-9-6-7-12(16(18)19)11(8-9)13(17)15-10-4-2-1-3-5-10/h1-2,6-8,10H,3-5H2,(H,15,17). The molecule has 6 heteroatoms. The Kier molecular flexibility index (Phi) is 4.16. The molecule has 0 fully saturated rings. The molecule has 0 saturated carbocycles. The van der Waals surface area contributed by atoms with Crippen LogP contribution in [0.2, 0.25) is 5.02 Å². The Morgan fingerprint density at radius 1 is 1.42 bits per heavy atom. The van der Waals surface area contributed by atoms with E-state index in [1.165, 1.54) is 18.2 Å². The maximum atomic E-state index is 12.1. The lowest BCUT2D eigenvalue weighted by molar-refractivity contribution is -0.385. The topological polar surface area (TPSA) is 72.2 Å². The minimum Gasteiger partial charge on any atom is -0.349 e. The van der Waals surface area contributed by atoms with Crippen molar-refractivity contribution in [1.82, 2.24) is 5.32 Å². The van der Waals surface area contributed by atoms with Gasteiger partial charge in [0.2, 0.25) is 0 Å². The Bertz CT molecular complexity index is 543. The van der Waals surface area contributed by atoms with Gasteiger partial charge in [0.1, 0.15) is 5.56 Å². The minimum absolute atomic E-state index is 0.00653. The summed E-state index contributed by atoms with van der Waals surface area (Å²) < 4.78 is 0. The minimum atomic E-state index is -0.577. The molecule has 0 aromatic heterocycles. The summed E-state index contributed by atoms with van der Waals surface area (Å²) in [5.41, 5.74) is -0.222. The molecule has 1 aromatic carbocycles. The summed E-state index contributed by atoms with van der Waals surface area (Å²) in [6.07, 6.45) is 6.56. The number of rotatable bonds is 3. The molecule has 1 aliphatic carbocycles. The first-order valence-electron chi connectivity index (χ1n) is 5.97. The highest BCUT2D eigenvalue weighted by atomic mass is 35.5. The highest BCUT2D eigenvalue weighted by Gasteiger charge is 2.22. The van der Waals surface area contributed by atoms with Crippen LogP contribution in [0.1, 0.15) is 29.6 Å². The van der Waals surface area contributed by atoms with Gasteiger partial charge in [-0.25, -0.2) is 0 Å². The van der Waals surface area contributed by atoms with E-state index in [9.17, 15) is 14.9 Å². The van der Waals surface area contributed by atoms with Gasteiger partial charge in [-0.3, -0.25) is 14.9 Å². The van der Waals surface area contributed by atoms with E-state index in [4.69, 9.17) is 11.6 Å². The molecule has 19 heavy (non-hydrogen) atoms. The van der Waals surface area contributed by atoms with Crippen LogP contribution in [0, 0.1) is 10.1 Å². The van der Waals surface area contributed by atoms with Crippen molar-refractivity contribution in [2.45, 2.75) is 25.3 Å². The molecule has 0 heterocycles. The third kappa shape index (κ3) is 3.32. The monoisotopic (exact) mass is 280 g/mol. The van der Waals surface area contributed by atoms with Crippen LogP contribution in [0.15, 0.2) is 30.4 Å². The molecule has 100 valence electrons. The molecular formula is C13H13ClN2O3. The Morgan fingerprint density at radius 2 is 2.21 bits per heavy atom. The average Bonchev–Trinajstić information content (AvgIpc) is 2.39. The van der Waals surface area contributed by atoms with Gasteiger partial charge in [0.25, 0.3) is 11.6 Å². The fourth-order valence-electron chi connectivity index (χ4n) is 2.04. The highest BCUT2D eigenvalue weighted by molar-refractivity contribution is 6.31. The van der Waals surface area contributed by atoms with Crippen LogP contribution >= 0.6 is 11.6 Å². The molecule has 0 aliphatic heterocycles. The predicted molar refractivity (Wildman–Crippen MR) is 72.4 cm³/mol. The van der Waals surface area contributed by atoms with Gasteiger partial charge in [0.05, 0.1) is 4.92 Å². The second-order valence-electron chi connectivity index (χ2n) is 4.37. The maximum absolute atomic E-state index is 12.1. The van der Waals surface area contributed by atoms with Crippen molar-refractivity contribution in [2.75, 3.05) is 0 Å². The van der Waals surface area contributed by atoms with Crippen LogP contribution in [-0.4, -0.2) is 16.9 Å². The van der Waals surface area contributed by atoms with E-state index in [-0.39, 0.29) is 17.3 Å². The molecule has 0 bridgehead atoms. The number of carbonyl (C=O) groups excluding carboxylic acids is 1. The first-order chi connectivity index (χ1) is 9.08. The van der Waals surface area contributed by atoms with Crippen molar-refractivity contribution in [3.05, 3.63) is 51.1 Å². The van der Waals surface area contributed by atoms with Crippen LogP contribution in [-0.2, 0) is 0 Å². The molecule has 1 amide bonds. The van der Waals surface area contributed by atoms with Crippen molar-refractivity contribution in [1.29, 1.82) is 0 Å². The molecule has 0 saturated heterocycles. The van der Waals surface area contributed by atoms with E-state index >= 15 is 0 Å². The Balaban J connectivity index is 2.20. The number of allylic oxidation sites excluding steroid dienone is 1. The van der Waals surface area contributed by atoms with E-state index in [1.54, 1.807) is 0 Å². The zero-order valence-electron chi connectivity index (χ0n) is 10.1. The first-order valence-corrected chi connectivity index (χ1v) is 6.35. The molecule has 0 radical (unpaired) electrons. The van der Waals surface area contributed by atoms with E-state index in [1.807, 2.05) is 6.08 Å². The predicted octanol–water partition coefficient (Wildman–Crippen LogP) is 3.09. The van der Waals surface area contributed by atoms with E-state index in [0.29, 0.717) is 5.02 Å². The van der Waals surface area contributed by atoms with Gasteiger partial charge in [-0.2, -0.15) is 0 Å². The molecule has 1 atom stereocenters. The summed E-state index contributed by atoms with van der Waals surface area (Å²) in [4.78, 5) is 22.4. The van der Waals surface area contributed by atoms with Crippen LogP contribution in [0.5, 0.6) is 0 Å². The zero-order chi connectivity index (χ0) is 13.8. The molecule has 1 aromatic rings. The van der Waals surface area contributed by atoms with Crippen LogP contribution < -0.4 is 5.32 Å². The SMILES string of the molecule is O=C(NC1CC=CCC1)c1cc(Cl)ccc1[N+](=O)[O-]. The fourth-order valence-corrected chi connectivity index (χ4v) is 2.21. The lowest BCUT2D eigenvalue weighted by atomic mass is 10.0. The van der Waals surface area contributed by atoms with Gasteiger partial charge >= 0.3 is 0 Å². The molecule has 2 rings (SSSR count).